The van der Waals surface area contributed by atoms with Crippen molar-refractivity contribution in [1.29, 1.82) is 0 Å². The molecule has 3 saturated carbocycles. The molecule has 0 amide bonds. The van der Waals surface area contributed by atoms with Crippen LogP contribution < -0.4 is 0 Å². The van der Waals surface area contributed by atoms with E-state index in [2.05, 4.69) is 13.8 Å². The molecule has 2 bridgehead atoms. The van der Waals surface area contributed by atoms with Crippen molar-refractivity contribution in [2.75, 3.05) is 0 Å². The second-order valence-electron chi connectivity index (χ2n) is 8.00. The molecule has 0 radical (unpaired) electrons. The summed E-state index contributed by atoms with van der Waals surface area (Å²) in [7, 11) is 0. The van der Waals surface area contributed by atoms with Gasteiger partial charge in [-0.3, -0.25) is 4.79 Å². The normalized spacial score (nSPS) is 40.5. The number of carbonyl (C=O) groups is 1. The topological polar surface area (TPSA) is 26.3 Å². The zero-order valence-electron chi connectivity index (χ0n) is 14.9. The van der Waals surface area contributed by atoms with Crippen molar-refractivity contribution in [1.82, 2.24) is 0 Å². The summed E-state index contributed by atoms with van der Waals surface area (Å²) in [5.74, 6) is 3.29. The third-order valence-corrected chi connectivity index (χ3v) is 6.52. The zero-order chi connectivity index (χ0) is 15.8. The van der Waals surface area contributed by atoms with Crippen LogP contribution in [0, 0.1) is 29.1 Å². The molecule has 0 aromatic rings. The Kier molecular flexibility index (Phi) is 4.75. The number of rotatable bonds is 3. The molecule has 0 N–H and O–H groups in total. The van der Waals surface area contributed by atoms with Gasteiger partial charge >= 0.3 is 5.97 Å². The van der Waals surface area contributed by atoms with Gasteiger partial charge in [-0.25, -0.2) is 0 Å². The summed E-state index contributed by atoms with van der Waals surface area (Å²) in [6.07, 6.45) is 7.47. The Bertz CT molecular complexity index is 387. The van der Waals surface area contributed by atoms with Gasteiger partial charge in [-0.2, -0.15) is 0 Å². The van der Waals surface area contributed by atoms with E-state index in [-0.39, 0.29) is 17.0 Å². The van der Waals surface area contributed by atoms with Crippen molar-refractivity contribution in [2.45, 2.75) is 85.7 Å². The fourth-order valence-corrected chi connectivity index (χ4v) is 5.00. The van der Waals surface area contributed by atoms with Gasteiger partial charge in [0.2, 0.25) is 0 Å². The molecule has 5 unspecified atom stereocenters. The van der Waals surface area contributed by atoms with Crippen LogP contribution in [0.4, 0.5) is 0 Å². The average Bonchev–Trinajstić information content (AvgIpc) is 3.11. The van der Waals surface area contributed by atoms with Gasteiger partial charge in [-0.15, -0.1) is 0 Å². The van der Waals surface area contributed by atoms with E-state index >= 15 is 0 Å². The van der Waals surface area contributed by atoms with Crippen molar-refractivity contribution >= 4 is 5.97 Å². The number of fused-ring (bicyclic) bond motifs is 5. The Morgan fingerprint density at radius 3 is 2.48 bits per heavy atom. The van der Waals surface area contributed by atoms with Crippen molar-refractivity contribution in [2.24, 2.45) is 29.1 Å². The molecule has 2 heteroatoms. The maximum Gasteiger partial charge on any atom is 0.312 e. The lowest BCUT2D eigenvalue weighted by atomic mass is 9.73. The summed E-state index contributed by atoms with van der Waals surface area (Å²) in [4.78, 5) is 12.4. The number of carbonyl (C=O) groups excluding carboxylic acids is 1. The highest BCUT2D eigenvalue weighted by Gasteiger charge is 2.61. The van der Waals surface area contributed by atoms with Gasteiger partial charge < -0.3 is 4.74 Å². The van der Waals surface area contributed by atoms with Gasteiger partial charge in [-0.05, 0) is 70.6 Å². The predicted octanol–water partition coefficient (Wildman–Crippen LogP) is 5.21. The van der Waals surface area contributed by atoms with Crippen molar-refractivity contribution in [3.8, 4) is 0 Å². The predicted molar refractivity (Wildman–Crippen MR) is 87.0 cm³/mol. The van der Waals surface area contributed by atoms with E-state index in [0.29, 0.717) is 5.92 Å². The van der Waals surface area contributed by atoms with Gasteiger partial charge in [0.25, 0.3) is 0 Å². The zero-order valence-corrected chi connectivity index (χ0v) is 14.9. The van der Waals surface area contributed by atoms with Crippen molar-refractivity contribution in [3.63, 3.8) is 0 Å². The first-order valence-electron chi connectivity index (χ1n) is 9.11. The lowest BCUT2D eigenvalue weighted by molar-refractivity contribution is -0.177. The first kappa shape index (κ1) is 16.8. The molecule has 0 saturated heterocycles. The second-order valence-corrected chi connectivity index (χ2v) is 8.00. The van der Waals surface area contributed by atoms with Crippen LogP contribution in [0.2, 0.25) is 0 Å². The summed E-state index contributed by atoms with van der Waals surface area (Å²) in [6, 6.07) is 0. The fraction of sp³-hybridized carbons (Fsp3) is 0.947. The summed E-state index contributed by atoms with van der Waals surface area (Å²) in [5.41, 5.74) is -0.500. The van der Waals surface area contributed by atoms with Gasteiger partial charge in [0.15, 0.2) is 0 Å². The van der Waals surface area contributed by atoms with E-state index in [9.17, 15) is 4.79 Å². The minimum atomic E-state index is -0.333. The quantitative estimate of drug-likeness (QED) is 0.668. The maximum atomic E-state index is 12.4. The van der Waals surface area contributed by atoms with E-state index in [1.807, 2.05) is 27.7 Å². The average molecular weight is 294 g/mol. The van der Waals surface area contributed by atoms with Crippen LogP contribution in [0.25, 0.3) is 0 Å². The molecule has 3 rings (SSSR count). The maximum absolute atomic E-state index is 12.4. The van der Waals surface area contributed by atoms with Crippen LogP contribution in [-0.2, 0) is 9.53 Å². The minimum Gasteiger partial charge on any atom is -0.459 e. The van der Waals surface area contributed by atoms with Crippen LogP contribution >= 0.6 is 0 Å². The smallest absolute Gasteiger partial charge is 0.312 e. The van der Waals surface area contributed by atoms with E-state index in [1.54, 1.807) is 0 Å². The van der Waals surface area contributed by atoms with Crippen molar-refractivity contribution in [3.05, 3.63) is 0 Å². The van der Waals surface area contributed by atoms with E-state index < -0.39 is 0 Å². The summed E-state index contributed by atoms with van der Waals surface area (Å²) in [6.45, 7) is 12.3. The second kappa shape index (κ2) is 5.93. The molecule has 3 aliphatic carbocycles. The molecule has 0 aromatic carbocycles. The van der Waals surface area contributed by atoms with Gasteiger partial charge in [0.1, 0.15) is 5.60 Å². The summed E-state index contributed by atoms with van der Waals surface area (Å²) in [5, 5.41) is 0. The molecular formula is C19H34O2. The van der Waals surface area contributed by atoms with E-state index in [4.69, 9.17) is 4.74 Å². The molecule has 0 aromatic heterocycles. The fourth-order valence-electron chi connectivity index (χ4n) is 5.00. The lowest BCUT2D eigenvalue weighted by Gasteiger charge is -2.41. The Balaban J connectivity index is 0.000000774. The van der Waals surface area contributed by atoms with E-state index in [0.717, 1.165) is 30.6 Å². The highest BCUT2D eigenvalue weighted by atomic mass is 16.6. The number of hydrogen-bond donors (Lipinski definition) is 0. The Labute approximate surface area is 131 Å². The Hall–Kier alpha value is -0.530. The Morgan fingerprint density at radius 2 is 1.86 bits per heavy atom. The molecule has 21 heavy (non-hydrogen) atoms. The van der Waals surface area contributed by atoms with Gasteiger partial charge in [0.05, 0.1) is 5.41 Å². The van der Waals surface area contributed by atoms with Crippen LogP contribution in [0.1, 0.15) is 80.1 Å². The molecule has 0 spiro atoms. The van der Waals surface area contributed by atoms with Crippen LogP contribution in [0.15, 0.2) is 0 Å². The van der Waals surface area contributed by atoms with E-state index in [1.165, 1.54) is 25.7 Å². The Morgan fingerprint density at radius 1 is 1.24 bits per heavy atom. The minimum absolute atomic E-state index is 0.0135. The highest BCUT2D eigenvalue weighted by Crippen LogP contribution is 2.63. The molecule has 3 fully saturated rings. The van der Waals surface area contributed by atoms with Gasteiger partial charge in [0, 0.05) is 5.92 Å². The SMILES string of the molecule is CC.CCC(C)(C)C(=O)OC1(C)CC2CC1C1CCCC21. The molecule has 2 nitrogen and oxygen atoms in total. The van der Waals surface area contributed by atoms with Crippen LogP contribution in [-0.4, -0.2) is 11.6 Å². The highest BCUT2D eigenvalue weighted by molar-refractivity contribution is 5.76. The first-order chi connectivity index (χ1) is 9.87. The lowest BCUT2D eigenvalue weighted by Crippen LogP contribution is -2.45. The third-order valence-electron chi connectivity index (χ3n) is 6.52. The molecule has 5 atom stereocenters. The summed E-state index contributed by atoms with van der Waals surface area (Å²) >= 11 is 0. The molecular weight excluding hydrogens is 260 g/mol. The number of hydrogen-bond acceptors (Lipinski definition) is 2. The first-order valence-corrected chi connectivity index (χ1v) is 9.11. The molecule has 122 valence electrons. The number of esters is 1. The molecule has 3 aliphatic rings. The summed E-state index contributed by atoms with van der Waals surface area (Å²) < 4.78 is 6.06. The molecule has 0 aliphatic heterocycles. The third kappa shape index (κ3) is 2.75. The van der Waals surface area contributed by atoms with Crippen molar-refractivity contribution < 1.29 is 9.53 Å². The molecule has 0 heterocycles. The standard InChI is InChI=1S/C17H28O2.C2H6/c1-5-16(2,3)15(18)19-17(4)10-11-9-14(17)13-8-6-7-12(11)13;1-2/h11-14H,5-10H2,1-4H3;1-2H3. The van der Waals surface area contributed by atoms with Crippen LogP contribution in [0.3, 0.4) is 0 Å². The monoisotopic (exact) mass is 294 g/mol. The van der Waals surface area contributed by atoms with Crippen LogP contribution in [0.5, 0.6) is 0 Å². The number of ether oxygens (including phenoxy) is 1. The van der Waals surface area contributed by atoms with Gasteiger partial charge in [-0.1, -0.05) is 27.2 Å². The largest absolute Gasteiger partial charge is 0.459 e.